The largest absolute Gasteiger partial charge is 0.369 e. The third kappa shape index (κ3) is 2.20. The summed E-state index contributed by atoms with van der Waals surface area (Å²) in [6.07, 6.45) is 0. The van der Waals surface area contributed by atoms with Gasteiger partial charge in [-0.2, -0.15) is 0 Å². The molecule has 0 spiro atoms. The molecule has 0 bridgehead atoms. The predicted octanol–water partition coefficient (Wildman–Crippen LogP) is 0.961. The molecular formula is C10H11N3O2S2. The first-order valence-corrected chi connectivity index (χ1v) is 6.67. The Hall–Kier alpha value is -1.34. The first kappa shape index (κ1) is 12.1. The summed E-state index contributed by atoms with van der Waals surface area (Å²) in [4.78, 5) is 27.3. The van der Waals surface area contributed by atoms with Crippen molar-refractivity contribution in [2.45, 2.75) is 17.3 Å². The van der Waals surface area contributed by atoms with Gasteiger partial charge in [0.25, 0.3) is 5.56 Å². The van der Waals surface area contributed by atoms with E-state index in [0.717, 1.165) is 0 Å². The van der Waals surface area contributed by atoms with Crippen molar-refractivity contribution < 1.29 is 4.79 Å². The van der Waals surface area contributed by atoms with Crippen LogP contribution >= 0.6 is 23.1 Å². The van der Waals surface area contributed by atoms with Crippen molar-refractivity contribution in [1.82, 2.24) is 9.55 Å². The Kier molecular flexibility index (Phi) is 3.21. The van der Waals surface area contributed by atoms with E-state index >= 15 is 0 Å². The molecular weight excluding hydrogens is 258 g/mol. The number of thiophene rings is 1. The maximum atomic E-state index is 12.0. The molecule has 90 valence electrons. The first-order valence-electron chi connectivity index (χ1n) is 4.91. The zero-order valence-electron chi connectivity index (χ0n) is 9.34. The molecule has 2 heterocycles. The number of primary amides is 1. The second kappa shape index (κ2) is 4.50. The summed E-state index contributed by atoms with van der Waals surface area (Å²) in [5.41, 5.74) is 5.76. The van der Waals surface area contributed by atoms with Crippen molar-refractivity contribution in [2.24, 2.45) is 12.8 Å². The van der Waals surface area contributed by atoms with Crippen molar-refractivity contribution in [3.05, 3.63) is 21.8 Å². The lowest BCUT2D eigenvalue weighted by Crippen LogP contribution is -2.25. The van der Waals surface area contributed by atoms with E-state index in [0.29, 0.717) is 15.4 Å². The number of nitrogens with two attached hydrogens (primary N) is 1. The van der Waals surface area contributed by atoms with Gasteiger partial charge in [0, 0.05) is 7.05 Å². The minimum atomic E-state index is -0.422. The van der Waals surface area contributed by atoms with E-state index in [1.54, 1.807) is 20.0 Å². The fourth-order valence-electron chi connectivity index (χ4n) is 1.29. The number of fused-ring (bicyclic) bond motifs is 1. The molecule has 0 aliphatic carbocycles. The standard InChI is InChI=1S/C10H11N3O2S2/c1-5(8(11)14)17-10-12-6-3-4-16-7(6)9(15)13(10)2/h3-5H,1-2H3,(H2,11,14). The van der Waals surface area contributed by atoms with E-state index in [9.17, 15) is 9.59 Å². The van der Waals surface area contributed by atoms with Crippen molar-refractivity contribution in [2.75, 3.05) is 0 Å². The molecule has 0 fully saturated rings. The summed E-state index contributed by atoms with van der Waals surface area (Å²) < 4.78 is 2.08. The van der Waals surface area contributed by atoms with Crippen LogP contribution in [-0.2, 0) is 11.8 Å². The number of thioether (sulfide) groups is 1. The van der Waals surface area contributed by atoms with Crippen LogP contribution in [0.1, 0.15) is 6.92 Å². The van der Waals surface area contributed by atoms with Gasteiger partial charge in [0.2, 0.25) is 5.91 Å². The molecule has 2 rings (SSSR count). The molecule has 2 N–H and O–H groups in total. The molecule has 0 saturated heterocycles. The van der Waals surface area contributed by atoms with Gasteiger partial charge < -0.3 is 5.73 Å². The molecule has 7 heteroatoms. The lowest BCUT2D eigenvalue weighted by atomic mass is 10.5. The normalized spacial score (nSPS) is 12.8. The number of hydrogen-bond donors (Lipinski definition) is 1. The number of nitrogens with zero attached hydrogens (tertiary/aromatic N) is 2. The average molecular weight is 269 g/mol. The Morgan fingerprint density at radius 2 is 2.35 bits per heavy atom. The number of rotatable bonds is 3. The number of carbonyl (C=O) groups is 1. The van der Waals surface area contributed by atoms with Gasteiger partial charge in [-0.05, 0) is 18.4 Å². The summed E-state index contributed by atoms with van der Waals surface area (Å²) in [5, 5.41) is 1.92. The number of carbonyl (C=O) groups excluding carboxylic acids is 1. The van der Waals surface area contributed by atoms with Gasteiger partial charge in [0.15, 0.2) is 5.16 Å². The van der Waals surface area contributed by atoms with E-state index in [4.69, 9.17) is 5.73 Å². The van der Waals surface area contributed by atoms with Crippen molar-refractivity contribution in [3.63, 3.8) is 0 Å². The highest BCUT2D eigenvalue weighted by molar-refractivity contribution is 8.00. The van der Waals surface area contributed by atoms with Crippen molar-refractivity contribution in [3.8, 4) is 0 Å². The minimum Gasteiger partial charge on any atom is -0.369 e. The van der Waals surface area contributed by atoms with Crippen LogP contribution < -0.4 is 11.3 Å². The van der Waals surface area contributed by atoms with Gasteiger partial charge in [0.05, 0.1) is 10.8 Å². The fraction of sp³-hybridized carbons (Fsp3) is 0.300. The first-order chi connectivity index (χ1) is 8.00. The van der Waals surface area contributed by atoms with Crippen LogP contribution in [0, 0.1) is 0 Å². The lowest BCUT2D eigenvalue weighted by molar-refractivity contribution is -0.117. The minimum absolute atomic E-state index is 0.0934. The van der Waals surface area contributed by atoms with Crippen LogP contribution in [0.15, 0.2) is 21.4 Å². The van der Waals surface area contributed by atoms with E-state index < -0.39 is 11.2 Å². The van der Waals surface area contributed by atoms with Crippen LogP contribution in [-0.4, -0.2) is 20.7 Å². The highest BCUT2D eigenvalue weighted by Gasteiger charge is 2.16. The fourth-order valence-corrected chi connectivity index (χ4v) is 2.92. The maximum Gasteiger partial charge on any atom is 0.271 e. The Morgan fingerprint density at radius 3 is 3.00 bits per heavy atom. The van der Waals surface area contributed by atoms with E-state index in [1.165, 1.54) is 27.7 Å². The average Bonchev–Trinajstić information content (AvgIpc) is 2.73. The van der Waals surface area contributed by atoms with Gasteiger partial charge in [0.1, 0.15) is 4.70 Å². The van der Waals surface area contributed by atoms with E-state index in [-0.39, 0.29) is 5.56 Å². The van der Waals surface area contributed by atoms with Gasteiger partial charge in [-0.3, -0.25) is 14.2 Å². The smallest absolute Gasteiger partial charge is 0.271 e. The molecule has 17 heavy (non-hydrogen) atoms. The second-order valence-corrected chi connectivity index (χ2v) is 5.78. The molecule has 5 nitrogen and oxygen atoms in total. The number of aromatic nitrogens is 2. The Bertz CT molecular complexity index is 632. The summed E-state index contributed by atoms with van der Waals surface area (Å²) >= 11 is 2.56. The van der Waals surface area contributed by atoms with Gasteiger partial charge in [-0.1, -0.05) is 11.8 Å². The van der Waals surface area contributed by atoms with Gasteiger partial charge in [-0.25, -0.2) is 4.98 Å². The highest BCUT2D eigenvalue weighted by atomic mass is 32.2. The molecule has 2 aromatic heterocycles. The van der Waals surface area contributed by atoms with Crippen molar-refractivity contribution in [1.29, 1.82) is 0 Å². The van der Waals surface area contributed by atoms with E-state index in [2.05, 4.69) is 4.98 Å². The molecule has 0 aromatic carbocycles. The zero-order chi connectivity index (χ0) is 12.6. The van der Waals surface area contributed by atoms with Gasteiger partial charge in [-0.15, -0.1) is 11.3 Å². The predicted molar refractivity (Wildman–Crippen MR) is 69.4 cm³/mol. The number of hydrogen-bond acceptors (Lipinski definition) is 5. The Balaban J connectivity index is 2.51. The monoisotopic (exact) mass is 269 g/mol. The number of amides is 1. The summed E-state index contributed by atoms with van der Waals surface area (Å²) in [6.45, 7) is 1.69. The highest BCUT2D eigenvalue weighted by Crippen LogP contribution is 2.23. The third-order valence-corrected chi connectivity index (χ3v) is 4.38. The molecule has 0 radical (unpaired) electrons. The van der Waals surface area contributed by atoms with Crippen molar-refractivity contribution >= 4 is 39.2 Å². The molecule has 0 aliphatic heterocycles. The Labute approximate surface area is 106 Å². The maximum absolute atomic E-state index is 12.0. The lowest BCUT2D eigenvalue weighted by Gasteiger charge is -2.09. The van der Waals surface area contributed by atoms with Gasteiger partial charge >= 0.3 is 0 Å². The van der Waals surface area contributed by atoms with Crippen LogP contribution in [0.5, 0.6) is 0 Å². The molecule has 1 atom stereocenters. The Morgan fingerprint density at radius 1 is 1.65 bits per heavy atom. The molecule has 0 saturated carbocycles. The van der Waals surface area contributed by atoms with E-state index in [1.807, 2.05) is 5.38 Å². The molecule has 1 unspecified atom stereocenters. The molecule has 1 amide bonds. The van der Waals surface area contributed by atoms with Crippen LogP contribution in [0.25, 0.3) is 10.2 Å². The SMILES string of the molecule is CC(Sc1nc2ccsc2c(=O)n1C)C(N)=O. The topological polar surface area (TPSA) is 78.0 Å². The van der Waals surface area contributed by atoms with Crippen LogP contribution in [0.3, 0.4) is 0 Å². The quantitative estimate of drug-likeness (QED) is 0.665. The zero-order valence-corrected chi connectivity index (χ0v) is 11.0. The molecule has 2 aromatic rings. The summed E-state index contributed by atoms with van der Waals surface area (Å²) in [5.74, 6) is -0.422. The van der Waals surface area contributed by atoms with Crippen LogP contribution in [0.2, 0.25) is 0 Å². The third-order valence-electron chi connectivity index (χ3n) is 2.33. The van der Waals surface area contributed by atoms with Crippen LogP contribution in [0.4, 0.5) is 0 Å². The molecule has 0 aliphatic rings. The summed E-state index contributed by atoms with van der Waals surface area (Å²) in [7, 11) is 1.64. The second-order valence-electron chi connectivity index (χ2n) is 3.56. The summed E-state index contributed by atoms with van der Waals surface area (Å²) in [6, 6.07) is 1.79.